The Balaban J connectivity index is 1.48. The van der Waals surface area contributed by atoms with E-state index in [0.29, 0.717) is 17.0 Å². The molecule has 3 aromatic carbocycles. The normalized spacial score (nSPS) is 14.5. The van der Waals surface area contributed by atoms with Crippen molar-refractivity contribution in [2.45, 2.75) is 12.8 Å². The number of fused-ring (bicyclic) bond motifs is 1. The number of benzene rings is 3. The maximum atomic E-state index is 12.7. The number of carbonyl (C=O) groups is 2. The molecule has 2 N–H and O–H groups in total. The quantitative estimate of drug-likeness (QED) is 0.747. The van der Waals surface area contributed by atoms with Crippen molar-refractivity contribution in [3.63, 3.8) is 0 Å². The van der Waals surface area contributed by atoms with Crippen LogP contribution < -0.4 is 15.4 Å². The van der Waals surface area contributed by atoms with E-state index in [0.717, 1.165) is 23.9 Å². The first-order valence-corrected chi connectivity index (χ1v) is 8.60. The van der Waals surface area contributed by atoms with E-state index in [1.54, 1.807) is 18.2 Å². The number of ether oxygens (including phenoxy) is 1. The van der Waals surface area contributed by atoms with Crippen LogP contribution in [0.5, 0.6) is 5.75 Å². The lowest BCUT2D eigenvalue weighted by molar-refractivity contribution is -0.118. The molecule has 5 nitrogen and oxygen atoms in total. The van der Waals surface area contributed by atoms with Gasteiger partial charge in [0.1, 0.15) is 5.75 Å². The summed E-state index contributed by atoms with van der Waals surface area (Å²) in [6, 6.07) is 15.3. The lowest BCUT2D eigenvalue weighted by Gasteiger charge is -2.18. The van der Waals surface area contributed by atoms with Gasteiger partial charge in [-0.1, -0.05) is 24.3 Å². The molecular formula is C21H16N2O3. The second-order valence-corrected chi connectivity index (χ2v) is 6.61. The summed E-state index contributed by atoms with van der Waals surface area (Å²) >= 11 is 0. The van der Waals surface area contributed by atoms with E-state index in [-0.39, 0.29) is 18.4 Å². The highest BCUT2D eigenvalue weighted by atomic mass is 16.5. The summed E-state index contributed by atoms with van der Waals surface area (Å²) < 4.78 is 5.39. The van der Waals surface area contributed by atoms with Crippen molar-refractivity contribution in [3.05, 3.63) is 65.2 Å². The first-order valence-electron chi connectivity index (χ1n) is 8.60. The highest BCUT2D eigenvalue weighted by Crippen LogP contribution is 2.35. The molecule has 0 unspecified atom stereocenters. The Morgan fingerprint density at radius 2 is 1.88 bits per heavy atom. The Labute approximate surface area is 150 Å². The van der Waals surface area contributed by atoms with E-state index in [2.05, 4.69) is 28.8 Å². The standard InChI is InChI=1S/C21H16N2O3/c24-19-11-26-18-10-14(7-9-17(18)22-19)21(25)23-16-8-6-13-5-4-12-2-1-3-15(16)20(12)13/h1-3,6-10H,4-5,11H2,(H,22,24)(H,23,25). The van der Waals surface area contributed by atoms with Gasteiger partial charge in [0.15, 0.2) is 6.61 Å². The van der Waals surface area contributed by atoms with Crippen LogP contribution in [0.2, 0.25) is 0 Å². The molecule has 26 heavy (non-hydrogen) atoms. The van der Waals surface area contributed by atoms with Crippen LogP contribution in [0.15, 0.2) is 48.5 Å². The molecule has 0 saturated heterocycles. The van der Waals surface area contributed by atoms with Crippen LogP contribution >= 0.6 is 0 Å². The Morgan fingerprint density at radius 1 is 1.04 bits per heavy atom. The smallest absolute Gasteiger partial charge is 0.262 e. The number of hydrogen-bond donors (Lipinski definition) is 2. The van der Waals surface area contributed by atoms with Crippen molar-refractivity contribution >= 4 is 34.0 Å². The van der Waals surface area contributed by atoms with E-state index >= 15 is 0 Å². The number of anilines is 2. The van der Waals surface area contributed by atoms with Crippen molar-refractivity contribution in [2.24, 2.45) is 0 Å². The van der Waals surface area contributed by atoms with E-state index in [1.165, 1.54) is 16.5 Å². The van der Waals surface area contributed by atoms with E-state index in [9.17, 15) is 9.59 Å². The Kier molecular flexibility index (Phi) is 3.22. The summed E-state index contributed by atoms with van der Waals surface area (Å²) in [5, 5.41) is 8.08. The SMILES string of the molecule is O=C1COc2cc(C(=O)Nc3ccc4c5c(cccc35)CC4)ccc2N1. The fraction of sp³-hybridized carbons (Fsp3) is 0.143. The monoisotopic (exact) mass is 344 g/mol. The van der Waals surface area contributed by atoms with Gasteiger partial charge in [0.2, 0.25) is 0 Å². The predicted molar refractivity (Wildman–Crippen MR) is 99.9 cm³/mol. The van der Waals surface area contributed by atoms with E-state index < -0.39 is 0 Å². The molecule has 0 saturated carbocycles. The van der Waals surface area contributed by atoms with Gasteiger partial charge in [0.05, 0.1) is 5.69 Å². The molecule has 2 aliphatic rings. The molecule has 0 radical (unpaired) electrons. The number of rotatable bonds is 2. The van der Waals surface area contributed by atoms with Crippen LogP contribution in [0.1, 0.15) is 21.5 Å². The summed E-state index contributed by atoms with van der Waals surface area (Å²) in [4.78, 5) is 24.1. The molecule has 1 aliphatic heterocycles. The molecule has 0 aromatic heterocycles. The predicted octanol–water partition coefficient (Wildman–Crippen LogP) is 3.52. The maximum absolute atomic E-state index is 12.7. The lowest BCUT2D eigenvalue weighted by Crippen LogP contribution is -2.25. The number of carbonyl (C=O) groups excluding carboxylic acids is 2. The summed E-state index contributed by atoms with van der Waals surface area (Å²) in [5.41, 5.74) is 4.56. The zero-order valence-corrected chi connectivity index (χ0v) is 14.0. The van der Waals surface area contributed by atoms with Crippen molar-refractivity contribution in [1.82, 2.24) is 0 Å². The van der Waals surface area contributed by atoms with Crippen LogP contribution in [0.3, 0.4) is 0 Å². The van der Waals surface area contributed by atoms with Crippen LogP contribution in [0.4, 0.5) is 11.4 Å². The first-order chi connectivity index (χ1) is 12.7. The van der Waals surface area contributed by atoms with Crippen molar-refractivity contribution in [3.8, 4) is 5.75 Å². The summed E-state index contributed by atoms with van der Waals surface area (Å²) in [6.07, 6.45) is 2.11. The molecule has 2 amide bonds. The van der Waals surface area contributed by atoms with Crippen molar-refractivity contribution < 1.29 is 14.3 Å². The molecular weight excluding hydrogens is 328 g/mol. The third-order valence-electron chi connectivity index (χ3n) is 5.00. The van der Waals surface area contributed by atoms with Gasteiger partial charge < -0.3 is 15.4 Å². The van der Waals surface area contributed by atoms with Gasteiger partial charge in [0, 0.05) is 16.6 Å². The minimum absolute atomic E-state index is 0.0348. The van der Waals surface area contributed by atoms with Crippen LogP contribution in [-0.4, -0.2) is 18.4 Å². The second-order valence-electron chi connectivity index (χ2n) is 6.61. The average Bonchev–Trinajstić information content (AvgIpc) is 3.08. The molecule has 0 atom stereocenters. The molecule has 0 bridgehead atoms. The van der Waals surface area contributed by atoms with Crippen LogP contribution in [-0.2, 0) is 17.6 Å². The van der Waals surface area contributed by atoms with Crippen molar-refractivity contribution in [1.29, 1.82) is 0 Å². The number of aryl methyl sites for hydroxylation is 2. The fourth-order valence-electron chi connectivity index (χ4n) is 3.77. The maximum Gasteiger partial charge on any atom is 0.262 e. The number of hydrogen-bond acceptors (Lipinski definition) is 3. The minimum atomic E-state index is -0.202. The Hall–Kier alpha value is -3.34. The number of amides is 2. The summed E-state index contributed by atoms with van der Waals surface area (Å²) in [5.74, 6) is 0.118. The highest BCUT2D eigenvalue weighted by Gasteiger charge is 2.20. The van der Waals surface area contributed by atoms with Gasteiger partial charge in [-0.05, 0) is 53.6 Å². The molecule has 0 spiro atoms. The highest BCUT2D eigenvalue weighted by molar-refractivity contribution is 6.11. The molecule has 1 aliphatic carbocycles. The van der Waals surface area contributed by atoms with Crippen LogP contribution in [0, 0.1) is 0 Å². The van der Waals surface area contributed by atoms with Crippen LogP contribution in [0.25, 0.3) is 10.8 Å². The van der Waals surface area contributed by atoms with Gasteiger partial charge in [-0.2, -0.15) is 0 Å². The third-order valence-corrected chi connectivity index (χ3v) is 5.00. The fourth-order valence-corrected chi connectivity index (χ4v) is 3.77. The number of nitrogens with one attached hydrogen (secondary N) is 2. The van der Waals surface area contributed by atoms with Gasteiger partial charge >= 0.3 is 0 Å². The van der Waals surface area contributed by atoms with Gasteiger partial charge in [-0.25, -0.2) is 0 Å². The Bertz CT molecular complexity index is 1080. The summed E-state index contributed by atoms with van der Waals surface area (Å²) in [6.45, 7) is -0.0348. The largest absolute Gasteiger partial charge is 0.482 e. The lowest BCUT2D eigenvalue weighted by atomic mass is 10.0. The molecule has 3 aromatic rings. The zero-order valence-electron chi connectivity index (χ0n) is 14.0. The molecule has 128 valence electrons. The van der Waals surface area contributed by atoms with Crippen molar-refractivity contribution in [2.75, 3.05) is 17.2 Å². The van der Waals surface area contributed by atoms with Gasteiger partial charge in [0.25, 0.3) is 11.8 Å². The molecule has 5 heteroatoms. The molecule has 1 heterocycles. The molecule has 5 rings (SSSR count). The first kappa shape index (κ1) is 15.0. The van der Waals surface area contributed by atoms with Gasteiger partial charge in [-0.15, -0.1) is 0 Å². The zero-order chi connectivity index (χ0) is 17.7. The Morgan fingerprint density at radius 3 is 2.77 bits per heavy atom. The minimum Gasteiger partial charge on any atom is -0.482 e. The average molecular weight is 344 g/mol. The van der Waals surface area contributed by atoms with E-state index in [4.69, 9.17) is 4.74 Å². The topological polar surface area (TPSA) is 67.4 Å². The molecule has 0 fully saturated rings. The van der Waals surface area contributed by atoms with E-state index in [1.807, 2.05) is 12.1 Å². The second kappa shape index (κ2) is 5.59. The third kappa shape index (κ3) is 2.32. The summed E-state index contributed by atoms with van der Waals surface area (Å²) in [7, 11) is 0. The van der Waals surface area contributed by atoms with Gasteiger partial charge in [-0.3, -0.25) is 9.59 Å².